The Kier molecular flexibility index (Phi) is 15.8. The summed E-state index contributed by atoms with van der Waals surface area (Å²) in [6.07, 6.45) is 0. The van der Waals surface area contributed by atoms with Gasteiger partial charge in [-0.05, 0) is 33.7 Å². The summed E-state index contributed by atoms with van der Waals surface area (Å²) >= 11 is 13.8. The molecule has 0 amide bonds. The van der Waals surface area contributed by atoms with Crippen molar-refractivity contribution in [3.05, 3.63) is 0 Å². The first-order chi connectivity index (χ1) is 9.95. The first-order valence-electron chi connectivity index (χ1n) is 4.90. The molecule has 0 aliphatic carbocycles. The van der Waals surface area contributed by atoms with Crippen molar-refractivity contribution in [3.63, 3.8) is 0 Å². The third kappa shape index (κ3) is 28.3. The van der Waals surface area contributed by atoms with Crippen molar-refractivity contribution in [1.29, 1.82) is 0 Å². The number of phosphoric acid groups is 2. The molecule has 0 aromatic heterocycles. The molecule has 0 saturated carbocycles. The van der Waals surface area contributed by atoms with Crippen LogP contribution in [0.2, 0.25) is 0 Å². The largest absolute Gasteiger partial charge is 0.478 e. The van der Waals surface area contributed by atoms with Gasteiger partial charge in [0.2, 0.25) is 0 Å². The van der Waals surface area contributed by atoms with Crippen LogP contribution in [0.4, 0.5) is 0 Å². The van der Waals surface area contributed by atoms with Crippen molar-refractivity contribution < 1.29 is 58.0 Å². The average molecular weight is 467 g/mol. The lowest BCUT2D eigenvalue weighted by molar-refractivity contribution is -0.0328. The molecule has 0 atom stereocenters. The van der Waals surface area contributed by atoms with Gasteiger partial charge >= 0.3 is 20.8 Å². The molecular weight excluding hydrogens is 451 g/mol. The second kappa shape index (κ2) is 12.5. The number of aliphatic hydroxyl groups is 4. The molecule has 8 N–H and O–H groups in total. The smallest absolute Gasteiger partial charge is 0.396 e. The zero-order chi connectivity index (χ0) is 19.5. The van der Waals surface area contributed by atoms with E-state index in [1.54, 1.807) is 0 Å². The molecular formula is C5H16Cl3O12P3. The molecule has 0 aliphatic heterocycles. The topological polar surface area (TPSA) is 222 Å². The van der Waals surface area contributed by atoms with E-state index in [0.29, 0.717) is 0 Å². The summed E-state index contributed by atoms with van der Waals surface area (Å²) in [5.74, 6) is 0. The maximum atomic E-state index is 9.63. The Morgan fingerprint density at radius 1 is 0.696 bits per heavy atom. The van der Waals surface area contributed by atoms with Gasteiger partial charge in [0.1, 0.15) is 0 Å². The highest BCUT2D eigenvalue weighted by molar-refractivity contribution is 8.24. The van der Waals surface area contributed by atoms with Crippen LogP contribution < -0.4 is 0 Å². The van der Waals surface area contributed by atoms with Crippen molar-refractivity contribution in [2.45, 2.75) is 0 Å². The Balaban J connectivity index is -0.000000273. The van der Waals surface area contributed by atoms with E-state index in [4.69, 9.17) is 40.0 Å². The highest BCUT2D eigenvalue weighted by Gasteiger charge is 2.28. The molecule has 144 valence electrons. The van der Waals surface area contributed by atoms with Gasteiger partial charge in [-0.25, -0.2) is 9.13 Å². The molecule has 0 heterocycles. The maximum Gasteiger partial charge on any atom is 0.478 e. The Bertz CT molecular complexity index is 391. The van der Waals surface area contributed by atoms with E-state index in [1.165, 1.54) is 0 Å². The number of hydrogen-bond acceptors (Lipinski definition) is 8. The SMILES string of the molecule is O=P(Cl)(Cl)Cl.O=P(O)(O)OP(=O)(O)O.OCC(CO)(CO)CO. The van der Waals surface area contributed by atoms with Crippen LogP contribution in [-0.4, -0.2) is 66.4 Å². The zero-order valence-corrected chi connectivity index (χ0v) is 16.0. The Morgan fingerprint density at radius 2 is 0.870 bits per heavy atom. The van der Waals surface area contributed by atoms with E-state index in [1.807, 2.05) is 0 Å². The second-order valence-corrected chi connectivity index (χ2v) is 12.8. The molecule has 0 aromatic rings. The summed E-state index contributed by atoms with van der Waals surface area (Å²) in [6.45, 7) is -1.62. The second-order valence-electron chi connectivity index (χ2n) is 3.59. The summed E-state index contributed by atoms with van der Waals surface area (Å²) in [5.41, 5.74) is -1.11. The van der Waals surface area contributed by atoms with Gasteiger partial charge in [-0.1, -0.05) is 0 Å². The van der Waals surface area contributed by atoms with E-state index in [2.05, 4.69) is 38.0 Å². The molecule has 0 aromatic carbocycles. The first-order valence-corrected chi connectivity index (χ1v) is 12.4. The highest BCUT2D eigenvalue weighted by atomic mass is 36.0. The van der Waals surface area contributed by atoms with E-state index in [9.17, 15) is 13.7 Å². The van der Waals surface area contributed by atoms with Crippen molar-refractivity contribution in [2.24, 2.45) is 5.41 Å². The van der Waals surface area contributed by atoms with Gasteiger partial charge in [0.15, 0.2) is 0 Å². The lowest BCUT2D eigenvalue weighted by atomic mass is 9.93. The zero-order valence-electron chi connectivity index (χ0n) is 11.0. The van der Waals surface area contributed by atoms with Crippen LogP contribution in [0.1, 0.15) is 0 Å². The van der Waals surface area contributed by atoms with Crippen molar-refractivity contribution in [2.75, 3.05) is 26.4 Å². The normalized spacial score (nSPS) is 12.7. The molecule has 0 fully saturated rings. The number of aliphatic hydroxyl groups excluding tert-OH is 4. The molecule has 18 heteroatoms. The van der Waals surface area contributed by atoms with Crippen LogP contribution in [0.5, 0.6) is 0 Å². The first kappa shape index (κ1) is 29.0. The van der Waals surface area contributed by atoms with Crippen LogP contribution >= 0.6 is 54.6 Å². The fraction of sp³-hybridized carbons (Fsp3) is 1.00. The van der Waals surface area contributed by atoms with Gasteiger partial charge in [0.25, 0.3) is 0 Å². The molecule has 0 spiro atoms. The van der Waals surface area contributed by atoms with Gasteiger partial charge in [-0.3, -0.25) is 4.57 Å². The molecule has 23 heavy (non-hydrogen) atoms. The van der Waals surface area contributed by atoms with Crippen molar-refractivity contribution in [3.8, 4) is 0 Å². The quantitative estimate of drug-likeness (QED) is 0.241. The summed E-state index contributed by atoms with van der Waals surface area (Å²) in [4.78, 5) is 31.0. The van der Waals surface area contributed by atoms with Gasteiger partial charge in [0, 0.05) is 0 Å². The van der Waals surface area contributed by atoms with Crippen molar-refractivity contribution in [1.82, 2.24) is 0 Å². The monoisotopic (exact) mass is 466 g/mol. The fourth-order valence-corrected chi connectivity index (χ4v) is 1.55. The predicted molar refractivity (Wildman–Crippen MR) is 81.1 cm³/mol. The van der Waals surface area contributed by atoms with Crippen molar-refractivity contribution >= 4 is 54.6 Å². The summed E-state index contributed by atoms with van der Waals surface area (Å²) in [6, 6.07) is 0. The van der Waals surface area contributed by atoms with Gasteiger partial charge in [-0.2, -0.15) is 4.31 Å². The minimum absolute atomic E-state index is 0.406. The van der Waals surface area contributed by atoms with E-state index in [0.717, 1.165) is 0 Å². The maximum absolute atomic E-state index is 9.63. The average Bonchev–Trinajstić information content (AvgIpc) is 2.26. The van der Waals surface area contributed by atoms with Crippen LogP contribution in [0.15, 0.2) is 0 Å². The summed E-state index contributed by atoms with van der Waals surface area (Å²) in [7, 11) is -10.1. The van der Waals surface area contributed by atoms with Gasteiger partial charge in [-0.15, -0.1) is 0 Å². The molecule has 0 unspecified atom stereocenters. The highest BCUT2D eigenvalue weighted by Crippen LogP contribution is 2.61. The molecule has 0 rings (SSSR count). The van der Waals surface area contributed by atoms with Crippen LogP contribution in [0.25, 0.3) is 0 Å². The lowest BCUT2D eigenvalue weighted by Crippen LogP contribution is -2.37. The summed E-state index contributed by atoms with van der Waals surface area (Å²) < 4.78 is 31.7. The van der Waals surface area contributed by atoms with E-state index in [-0.39, 0.29) is 0 Å². The van der Waals surface area contributed by atoms with Crippen LogP contribution in [0, 0.1) is 5.41 Å². The minimum atomic E-state index is -5.05. The number of rotatable bonds is 6. The molecule has 12 nitrogen and oxygen atoms in total. The van der Waals surface area contributed by atoms with E-state index >= 15 is 0 Å². The van der Waals surface area contributed by atoms with Crippen LogP contribution in [0.3, 0.4) is 0 Å². The summed E-state index contributed by atoms with van der Waals surface area (Å²) in [5, 5.41) is 30.8. The Hall–Kier alpha value is 1.20. The van der Waals surface area contributed by atoms with Gasteiger partial charge in [0.05, 0.1) is 31.8 Å². The Labute approximate surface area is 144 Å². The number of hydrogen-bond donors (Lipinski definition) is 8. The standard InChI is InChI=1S/C5H12O4.Cl3OP.H4O7P2/c6-1-5(2-7,3-8)4-9;1-5(2,3)4;1-8(2,3)7-9(4,5)6/h6-9H,1-4H2;;(H2,1,2,3)(H2,4,5,6). The molecule has 0 aliphatic rings. The third-order valence-electron chi connectivity index (χ3n) is 1.55. The molecule has 0 radical (unpaired) electrons. The Morgan fingerprint density at radius 3 is 0.870 bits per heavy atom. The number of halogens is 3. The minimum Gasteiger partial charge on any atom is -0.396 e. The predicted octanol–water partition coefficient (Wildman–Crippen LogP) is -0.0587. The molecule has 0 saturated heterocycles. The van der Waals surface area contributed by atoms with E-state index < -0.39 is 52.7 Å². The van der Waals surface area contributed by atoms with Gasteiger partial charge < -0.3 is 40.0 Å². The van der Waals surface area contributed by atoms with Crippen LogP contribution in [-0.2, 0) is 18.0 Å². The fourth-order valence-electron chi connectivity index (χ4n) is 0.439. The lowest BCUT2D eigenvalue weighted by Gasteiger charge is -2.23. The third-order valence-corrected chi connectivity index (χ3v) is 3.26. The molecule has 0 bridgehead atoms.